The number of hydrogen-bond acceptors (Lipinski definition) is 5. The van der Waals surface area contributed by atoms with Gasteiger partial charge in [0.15, 0.2) is 0 Å². The largest absolute Gasteiger partial charge is 0.484 e. The molecule has 0 spiro atoms. The number of aryl methyl sites for hydroxylation is 1. The first-order valence-corrected chi connectivity index (χ1v) is 7.31. The van der Waals surface area contributed by atoms with E-state index in [2.05, 4.69) is 5.16 Å². The lowest BCUT2D eigenvalue weighted by molar-refractivity contribution is 0.166. The lowest BCUT2D eigenvalue weighted by Gasteiger charge is -2.24. The van der Waals surface area contributed by atoms with E-state index in [4.69, 9.17) is 14.4 Å². The minimum atomic E-state index is -3.72. The molecule has 1 aliphatic rings. The molecule has 1 aliphatic heterocycles. The molecule has 1 aromatic heterocycles. The second-order valence-corrected chi connectivity index (χ2v) is 5.95. The summed E-state index contributed by atoms with van der Waals surface area (Å²) in [6, 6.07) is 6.41. The van der Waals surface area contributed by atoms with Crippen LogP contribution in [-0.4, -0.2) is 13.6 Å². The molecule has 3 rings (SSSR count). The van der Waals surface area contributed by atoms with Gasteiger partial charge in [0.05, 0.1) is 4.90 Å². The third-order valence-electron chi connectivity index (χ3n) is 3.10. The van der Waals surface area contributed by atoms with Crippen LogP contribution in [0.5, 0.6) is 5.75 Å². The molecule has 0 aliphatic carbocycles. The van der Waals surface area contributed by atoms with Crippen molar-refractivity contribution in [3.8, 4) is 5.75 Å². The number of benzene rings is 1. The highest BCUT2D eigenvalue weighted by Gasteiger charge is 2.24. The molecular weight excluding hydrogens is 268 g/mol. The Morgan fingerprint density at radius 3 is 2.84 bits per heavy atom. The van der Waals surface area contributed by atoms with Crippen molar-refractivity contribution in [3.63, 3.8) is 0 Å². The fourth-order valence-electron chi connectivity index (χ4n) is 2.12. The summed E-state index contributed by atoms with van der Waals surface area (Å²) in [5, 5.41) is 8.95. The molecule has 2 aromatic rings. The Balaban J connectivity index is 1.95. The van der Waals surface area contributed by atoms with Gasteiger partial charge in [-0.1, -0.05) is 11.2 Å². The topological polar surface area (TPSA) is 95.4 Å². The van der Waals surface area contributed by atoms with Gasteiger partial charge < -0.3 is 9.26 Å². The van der Waals surface area contributed by atoms with Crippen molar-refractivity contribution in [2.75, 3.05) is 0 Å². The van der Waals surface area contributed by atoms with Crippen LogP contribution in [0.1, 0.15) is 23.8 Å². The van der Waals surface area contributed by atoms with Crippen LogP contribution in [0.25, 0.3) is 0 Å². The van der Waals surface area contributed by atoms with Crippen molar-refractivity contribution < 1.29 is 17.7 Å². The number of fused-ring (bicyclic) bond motifs is 1. The van der Waals surface area contributed by atoms with Gasteiger partial charge in [-0.05, 0) is 24.5 Å². The second-order valence-electron chi connectivity index (χ2n) is 4.38. The first-order valence-electron chi connectivity index (χ1n) is 5.77. The molecule has 2 N–H and O–H groups in total. The van der Waals surface area contributed by atoms with Gasteiger partial charge in [-0.2, -0.15) is 0 Å². The highest BCUT2D eigenvalue weighted by atomic mass is 32.2. The van der Waals surface area contributed by atoms with Gasteiger partial charge in [-0.3, -0.25) is 0 Å². The maximum atomic E-state index is 11.3. The quantitative estimate of drug-likeness (QED) is 0.896. The van der Waals surface area contributed by atoms with E-state index in [0.717, 1.165) is 18.4 Å². The average molecular weight is 280 g/mol. The van der Waals surface area contributed by atoms with Gasteiger partial charge >= 0.3 is 0 Å². The number of nitrogens with zero attached hydrogens (tertiary/aromatic N) is 1. The Kier molecular flexibility index (Phi) is 2.79. The number of primary sulfonamides is 1. The van der Waals surface area contributed by atoms with E-state index in [1.807, 2.05) is 0 Å². The van der Waals surface area contributed by atoms with E-state index in [1.54, 1.807) is 12.1 Å². The number of hydrogen-bond donors (Lipinski definition) is 1. The summed E-state index contributed by atoms with van der Waals surface area (Å²) in [7, 11) is -3.72. The predicted octanol–water partition coefficient (Wildman–Crippen LogP) is 1.39. The van der Waals surface area contributed by atoms with Crippen LogP contribution in [0.4, 0.5) is 0 Å². The zero-order valence-electron chi connectivity index (χ0n) is 9.94. The third-order valence-corrected chi connectivity index (χ3v) is 4.01. The van der Waals surface area contributed by atoms with Gasteiger partial charge in [0.25, 0.3) is 0 Å². The Hall–Kier alpha value is -1.86. The zero-order valence-corrected chi connectivity index (χ0v) is 10.8. The maximum Gasteiger partial charge on any atom is 0.238 e. The molecular formula is C12H12N2O4S. The lowest BCUT2D eigenvalue weighted by atomic mass is 10.0. The van der Waals surface area contributed by atoms with E-state index >= 15 is 0 Å². The zero-order chi connectivity index (χ0) is 13.5. The van der Waals surface area contributed by atoms with Crippen molar-refractivity contribution in [2.24, 2.45) is 5.14 Å². The molecule has 0 bridgehead atoms. The van der Waals surface area contributed by atoms with Crippen molar-refractivity contribution in [1.82, 2.24) is 5.16 Å². The monoisotopic (exact) mass is 280 g/mol. The Bertz CT molecular complexity index is 695. The Morgan fingerprint density at radius 1 is 1.32 bits per heavy atom. The van der Waals surface area contributed by atoms with Crippen LogP contribution in [0.3, 0.4) is 0 Å². The normalized spacial score (nSPS) is 18.7. The Labute approximate surface area is 110 Å². The first-order chi connectivity index (χ1) is 9.04. The molecule has 100 valence electrons. The highest BCUT2D eigenvalue weighted by Crippen LogP contribution is 2.35. The molecule has 2 heterocycles. The van der Waals surface area contributed by atoms with Gasteiger partial charge in [0, 0.05) is 12.1 Å². The van der Waals surface area contributed by atoms with Crippen molar-refractivity contribution >= 4 is 10.0 Å². The van der Waals surface area contributed by atoms with Gasteiger partial charge in [0.1, 0.15) is 23.8 Å². The third kappa shape index (κ3) is 2.34. The minimum Gasteiger partial charge on any atom is -0.484 e. The number of aromatic nitrogens is 1. The number of sulfonamides is 1. The minimum absolute atomic E-state index is 0.0482. The van der Waals surface area contributed by atoms with E-state index in [0.29, 0.717) is 11.4 Å². The summed E-state index contributed by atoms with van der Waals surface area (Å²) in [5.74, 6) is 0.533. The van der Waals surface area contributed by atoms with E-state index < -0.39 is 10.0 Å². The summed E-state index contributed by atoms with van der Waals surface area (Å²) < 4.78 is 33.2. The molecule has 7 heteroatoms. The van der Waals surface area contributed by atoms with E-state index in [9.17, 15) is 8.42 Å². The van der Waals surface area contributed by atoms with Gasteiger partial charge in [-0.15, -0.1) is 0 Å². The average Bonchev–Trinajstić information content (AvgIpc) is 2.90. The van der Waals surface area contributed by atoms with Gasteiger partial charge in [-0.25, -0.2) is 13.6 Å². The second kappa shape index (κ2) is 4.36. The summed E-state index contributed by atoms with van der Waals surface area (Å²) in [6.45, 7) is 0. The van der Waals surface area contributed by atoms with Gasteiger partial charge in [0.2, 0.25) is 10.0 Å². The molecule has 1 unspecified atom stereocenters. The van der Waals surface area contributed by atoms with Crippen molar-refractivity contribution in [3.05, 3.63) is 41.8 Å². The molecule has 0 radical (unpaired) electrons. The molecule has 19 heavy (non-hydrogen) atoms. The highest BCUT2D eigenvalue weighted by molar-refractivity contribution is 7.89. The van der Waals surface area contributed by atoms with Crippen molar-refractivity contribution in [1.29, 1.82) is 0 Å². The summed E-state index contributed by atoms with van der Waals surface area (Å²) >= 11 is 0. The Morgan fingerprint density at radius 2 is 2.16 bits per heavy atom. The standard InChI is InChI=1S/C12H12N2O4S/c13-19(15,16)9-3-1-8-2-4-11(18-12(8)7-9)10-5-6-17-14-10/h1,3,5-7,11H,2,4H2,(H2,13,15,16). The SMILES string of the molecule is NS(=O)(=O)c1ccc2c(c1)OC(c1ccon1)CC2. The fraction of sp³-hybridized carbons (Fsp3) is 0.250. The number of rotatable bonds is 2. The molecule has 1 atom stereocenters. The first kappa shape index (κ1) is 12.2. The molecule has 0 amide bonds. The molecule has 6 nitrogen and oxygen atoms in total. The molecule has 0 saturated heterocycles. The van der Waals surface area contributed by atoms with Crippen LogP contribution in [0.2, 0.25) is 0 Å². The predicted molar refractivity (Wildman–Crippen MR) is 66.0 cm³/mol. The van der Waals surface area contributed by atoms with Crippen LogP contribution < -0.4 is 9.88 Å². The van der Waals surface area contributed by atoms with Crippen LogP contribution in [-0.2, 0) is 16.4 Å². The summed E-state index contributed by atoms with van der Waals surface area (Å²) in [6.07, 6.45) is 2.82. The lowest BCUT2D eigenvalue weighted by Crippen LogP contribution is -2.17. The summed E-state index contributed by atoms with van der Waals surface area (Å²) in [5.41, 5.74) is 1.67. The fourth-order valence-corrected chi connectivity index (χ4v) is 2.65. The number of ether oxygens (including phenoxy) is 1. The molecule has 0 saturated carbocycles. The molecule has 0 fully saturated rings. The van der Waals surface area contributed by atoms with Crippen LogP contribution in [0, 0.1) is 0 Å². The number of nitrogens with two attached hydrogens (primary N) is 1. The van der Waals surface area contributed by atoms with Crippen molar-refractivity contribution in [2.45, 2.75) is 23.8 Å². The smallest absolute Gasteiger partial charge is 0.238 e. The van der Waals surface area contributed by atoms with Crippen LogP contribution >= 0.6 is 0 Å². The summed E-state index contributed by atoms with van der Waals surface area (Å²) in [4.78, 5) is 0.0482. The molecule has 1 aromatic carbocycles. The maximum absolute atomic E-state index is 11.3. The van der Waals surface area contributed by atoms with Crippen LogP contribution in [0.15, 0.2) is 39.9 Å². The van der Waals surface area contributed by atoms with E-state index in [1.165, 1.54) is 18.4 Å². The van der Waals surface area contributed by atoms with E-state index in [-0.39, 0.29) is 11.0 Å².